The summed E-state index contributed by atoms with van der Waals surface area (Å²) in [5, 5.41) is 0.622. The molecule has 2 aromatic carbocycles. The number of hydrogen-bond donors (Lipinski definition) is 0. The highest BCUT2D eigenvalue weighted by Crippen LogP contribution is 2.31. The highest BCUT2D eigenvalue weighted by molar-refractivity contribution is 7.22. The average molecular weight is 440 g/mol. The van der Waals surface area contributed by atoms with Crippen LogP contribution in [-0.4, -0.2) is 55.2 Å². The Morgan fingerprint density at radius 3 is 2.74 bits per heavy atom. The monoisotopic (exact) mass is 439 g/mol. The zero-order valence-corrected chi connectivity index (χ0v) is 18.3. The van der Waals surface area contributed by atoms with Crippen molar-refractivity contribution in [1.29, 1.82) is 0 Å². The molecule has 1 aliphatic carbocycles. The van der Waals surface area contributed by atoms with Gasteiger partial charge in [-0.3, -0.25) is 14.6 Å². The van der Waals surface area contributed by atoms with Crippen LogP contribution in [0.5, 0.6) is 0 Å². The molecule has 0 N–H and O–H groups in total. The molecule has 0 saturated carbocycles. The molecule has 0 atom stereocenters. The number of aromatic nitrogens is 1. The number of nitrogens with zero attached hydrogens (tertiary/aromatic N) is 3. The zero-order valence-electron chi connectivity index (χ0n) is 17.5. The number of carbonyl (C=O) groups is 1. The predicted octanol–water partition coefficient (Wildman–Crippen LogP) is 4.29. The van der Waals surface area contributed by atoms with Crippen LogP contribution in [0.1, 0.15) is 34.3 Å². The first-order valence-electron chi connectivity index (χ1n) is 11.0. The molecule has 5 rings (SSSR count). The second-order valence-corrected chi connectivity index (χ2v) is 9.22. The van der Waals surface area contributed by atoms with Gasteiger partial charge in [-0.05, 0) is 67.1 Å². The maximum absolute atomic E-state index is 13.7. The van der Waals surface area contributed by atoms with E-state index in [0.29, 0.717) is 17.2 Å². The number of hydrogen-bond acceptors (Lipinski definition) is 5. The Morgan fingerprint density at radius 1 is 1.10 bits per heavy atom. The fraction of sp³-hybridized carbons (Fsp3) is 0.417. The Bertz CT molecular complexity index is 1090. The van der Waals surface area contributed by atoms with Crippen molar-refractivity contribution in [3.63, 3.8) is 0 Å². The summed E-state index contributed by atoms with van der Waals surface area (Å²) in [7, 11) is 0. The molecule has 3 aromatic rings. The topological polar surface area (TPSA) is 45.7 Å². The number of amides is 1. The standard InChI is InChI=1S/C24H26FN3O2S/c25-20-7-8-21-22(16-20)31-24(26-21)28(10-9-27-11-13-30-14-12-27)23(29)19-6-5-17-3-1-2-4-18(17)15-19/h5-8,15-16H,1-4,9-14H2. The lowest BCUT2D eigenvalue weighted by atomic mass is 9.90. The van der Waals surface area contributed by atoms with E-state index in [0.717, 1.165) is 55.9 Å². The number of carbonyl (C=O) groups excluding carboxylic acids is 1. The normalized spacial score (nSPS) is 16.9. The zero-order chi connectivity index (χ0) is 21.2. The SMILES string of the molecule is O=C(c1ccc2c(c1)CCCC2)N(CCN1CCOCC1)c1nc2ccc(F)cc2s1. The Kier molecular flexibility index (Phi) is 5.98. The second kappa shape index (κ2) is 9.02. The summed E-state index contributed by atoms with van der Waals surface area (Å²) < 4.78 is 19.9. The molecule has 2 aliphatic rings. The second-order valence-electron chi connectivity index (χ2n) is 8.21. The van der Waals surface area contributed by atoms with E-state index in [1.807, 2.05) is 6.07 Å². The van der Waals surface area contributed by atoms with Crippen molar-refractivity contribution in [3.8, 4) is 0 Å². The quantitative estimate of drug-likeness (QED) is 0.595. The molecular formula is C24H26FN3O2S. The molecule has 1 fully saturated rings. The van der Waals surface area contributed by atoms with Crippen molar-refractivity contribution in [2.24, 2.45) is 0 Å². The van der Waals surface area contributed by atoms with E-state index in [2.05, 4.69) is 22.0 Å². The van der Waals surface area contributed by atoms with Gasteiger partial charge in [-0.25, -0.2) is 9.37 Å². The smallest absolute Gasteiger partial charge is 0.260 e. The first-order valence-corrected chi connectivity index (χ1v) is 11.8. The van der Waals surface area contributed by atoms with Gasteiger partial charge in [-0.2, -0.15) is 0 Å². The maximum atomic E-state index is 13.7. The molecular weight excluding hydrogens is 413 g/mol. The minimum Gasteiger partial charge on any atom is -0.379 e. The molecule has 1 aliphatic heterocycles. The van der Waals surface area contributed by atoms with Gasteiger partial charge in [-0.1, -0.05) is 17.4 Å². The number of thiazole rings is 1. The van der Waals surface area contributed by atoms with Gasteiger partial charge in [0.1, 0.15) is 5.82 Å². The lowest BCUT2D eigenvalue weighted by molar-refractivity contribution is 0.0391. The van der Waals surface area contributed by atoms with Crippen LogP contribution in [-0.2, 0) is 17.6 Å². The Labute approximate surface area is 185 Å². The van der Waals surface area contributed by atoms with E-state index in [1.54, 1.807) is 11.0 Å². The first kappa shape index (κ1) is 20.5. The third kappa shape index (κ3) is 4.49. The highest BCUT2D eigenvalue weighted by Gasteiger charge is 2.24. The molecule has 0 unspecified atom stereocenters. The van der Waals surface area contributed by atoms with E-state index >= 15 is 0 Å². The predicted molar refractivity (Wildman–Crippen MR) is 122 cm³/mol. The molecule has 1 aromatic heterocycles. The number of halogens is 1. The van der Waals surface area contributed by atoms with Gasteiger partial charge in [0.25, 0.3) is 5.91 Å². The van der Waals surface area contributed by atoms with E-state index in [9.17, 15) is 9.18 Å². The van der Waals surface area contributed by atoms with Gasteiger partial charge in [0.2, 0.25) is 0 Å². The van der Waals surface area contributed by atoms with Gasteiger partial charge in [0.05, 0.1) is 23.4 Å². The summed E-state index contributed by atoms with van der Waals surface area (Å²) in [4.78, 5) is 22.4. The summed E-state index contributed by atoms with van der Waals surface area (Å²) in [6, 6.07) is 10.7. The molecule has 0 radical (unpaired) electrons. The van der Waals surface area contributed by atoms with E-state index in [4.69, 9.17) is 4.74 Å². The Morgan fingerprint density at radius 2 is 1.90 bits per heavy atom. The van der Waals surface area contributed by atoms with Crippen molar-refractivity contribution in [1.82, 2.24) is 9.88 Å². The molecule has 2 heterocycles. The molecule has 1 saturated heterocycles. The van der Waals surface area contributed by atoms with Crippen LogP contribution in [0, 0.1) is 5.82 Å². The van der Waals surface area contributed by atoms with Crippen molar-refractivity contribution in [2.75, 3.05) is 44.3 Å². The van der Waals surface area contributed by atoms with Crippen molar-refractivity contribution < 1.29 is 13.9 Å². The van der Waals surface area contributed by atoms with E-state index in [1.165, 1.54) is 47.4 Å². The summed E-state index contributed by atoms with van der Waals surface area (Å²) >= 11 is 1.37. The minimum absolute atomic E-state index is 0.0406. The first-order chi connectivity index (χ1) is 15.2. The summed E-state index contributed by atoms with van der Waals surface area (Å²) in [6.45, 7) is 4.47. The largest absolute Gasteiger partial charge is 0.379 e. The van der Waals surface area contributed by atoms with Gasteiger partial charge >= 0.3 is 0 Å². The molecule has 162 valence electrons. The number of anilines is 1. The van der Waals surface area contributed by atoms with Crippen LogP contribution < -0.4 is 4.90 Å². The molecule has 31 heavy (non-hydrogen) atoms. The number of fused-ring (bicyclic) bond motifs is 2. The van der Waals surface area contributed by atoms with E-state index < -0.39 is 0 Å². The molecule has 1 amide bonds. The van der Waals surface area contributed by atoms with Gasteiger partial charge in [0, 0.05) is 31.7 Å². The van der Waals surface area contributed by atoms with Crippen LogP contribution in [0.2, 0.25) is 0 Å². The highest BCUT2D eigenvalue weighted by atomic mass is 32.1. The average Bonchev–Trinajstić information content (AvgIpc) is 3.22. The Balaban J connectivity index is 1.45. The third-order valence-electron chi connectivity index (χ3n) is 6.15. The Hall–Kier alpha value is -2.35. The molecule has 5 nitrogen and oxygen atoms in total. The number of aryl methyl sites for hydroxylation is 2. The fourth-order valence-corrected chi connectivity index (χ4v) is 5.39. The van der Waals surface area contributed by atoms with Gasteiger partial charge in [0.15, 0.2) is 5.13 Å². The lowest BCUT2D eigenvalue weighted by Gasteiger charge is -2.29. The number of benzene rings is 2. The third-order valence-corrected chi connectivity index (χ3v) is 7.20. The maximum Gasteiger partial charge on any atom is 0.260 e. The van der Waals surface area contributed by atoms with Gasteiger partial charge < -0.3 is 4.74 Å². The minimum atomic E-state index is -0.288. The van der Waals surface area contributed by atoms with Crippen LogP contribution in [0.15, 0.2) is 36.4 Å². The van der Waals surface area contributed by atoms with Crippen LogP contribution >= 0.6 is 11.3 Å². The van der Waals surface area contributed by atoms with Crippen LogP contribution in [0.25, 0.3) is 10.2 Å². The molecule has 0 bridgehead atoms. The van der Waals surface area contributed by atoms with Crippen molar-refractivity contribution >= 4 is 32.6 Å². The number of rotatable bonds is 5. The molecule has 0 spiro atoms. The van der Waals surface area contributed by atoms with Gasteiger partial charge in [-0.15, -0.1) is 0 Å². The summed E-state index contributed by atoms with van der Waals surface area (Å²) in [6.07, 6.45) is 4.52. The number of morpholine rings is 1. The molecule has 7 heteroatoms. The van der Waals surface area contributed by atoms with E-state index in [-0.39, 0.29) is 11.7 Å². The lowest BCUT2D eigenvalue weighted by Crippen LogP contribution is -2.43. The van der Waals surface area contributed by atoms with Crippen LogP contribution in [0.4, 0.5) is 9.52 Å². The van der Waals surface area contributed by atoms with Crippen LogP contribution in [0.3, 0.4) is 0 Å². The summed E-state index contributed by atoms with van der Waals surface area (Å²) in [5.41, 5.74) is 4.07. The van der Waals surface area contributed by atoms with Crippen molar-refractivity contribution in [2.45, 2.75) is 25.7 Å². The summed E-state index contributed by atoms with van der Waals surface area (Å²) in [5.74, 6) is -0.329. The van der Waals surface area contributed by atoms with Crippen molar-refractivity contribution in [3.05, 3.63) is 58.9 Å². The number of ether oxygens (including phenoxy) is 1. The fourth-order valence-electron chi connectivity index (χ4n) is 4.37.